The Bertz CT molecular complexity index is 397. The smallest absolute Gasteiger partial charge is 0.237 e. The Morgan fingerprint density at radius 2 is 1.76 bits per heavy atom. The van der Waals surface area contributed by atoms with E-state index in [2.05, 4.69) is 9.97 Å². The highest BCUT2D eigenvalue weighted by molar-refractivity contribution is 6.29. The fourth-order valence-corrected chi connectivity index (χ4v) is 1.42. The maximum absolute atomic E-state index is 12.1. The van der Waals surface area contributed by atoms with Crippen LogP contribution in [0.15, 0.2) is 6.07 Å². The zero-order chi connectivity index (χ0) is 13.3. The van der Waals surface area contributed by atoms with Crippen LogP contribution in [0.25, 0.3) is 0 Å². The molecule has 0 aliphatic rings. The molecule has 0 saturated carbocycles. The van der Waals surface area contributed by atoms with Gasteiger partial charge in [0.25, 0.3) is 0 Å². The second-order valence-electron chi connectivity index (χ2n) is 4.86. The molecule has 0 bridgehead atoms. The number of aromatic nitrogens is 2. The number of rotatable bonds is 2. The topological polar surface area (TPSA) is 25.8 Å². The Kier molecular flexibility index (Phi) is 4.02. The highest BCUT2D eigenvalue weighted by atomic mass is 35.5. The predicted octanol–water partition coefficient (Wildman–Crippen LogP) is 3.92. The molecule has 0 fully saturated rings. The van der Waals surface area contributed by atoms with E-state index < -0.39 is 12.6 Å². The first-order valence-corrected chi connectivity index (χ1v) is 5.56. The Morgan fingerprint density at radius 3 is 2.24 bits per heavy atom. The van der Waals surface area contributed by atoms with Gasteiger partial charge >= 0.3 is 6.18 Å². The van der Waals surface area contributed by atoms with Gasteiger partial charge in [-0.25, -0.2) is 9.97 Å². The van der Waals surface area contributed by atoms with Gasteiger partial charge in [0.15, 0.2) is 0 Å². The van der Waals surface area contributed by atoms with Crippen molar-refractivity contribution in [2.75, 3.05) is 0 Å². The molecule has 0 aromatic carbocycles. The van der Waals surface area contributed by atoms with Crippen LogP contribution in [-0.4, -0.2) is 16.1 Å². The van der Waals surface area contributed by atoms with Gasteiger partial charge in [-0.3, -0.25) is 0 Å². The lowest BCUT2D eigenvalue weighted by atomic mass is 9.92. The first-order valence-electron chi connectivity index (χ1n) is 5.18. The molecule has 1 rings (SSSR count). The highest BCUT2D eigenvalue weighted by Gasteiger charge is 2.27. The minimum Gasteiger partial charge on any atom is -0.237 e. The SMILES string of the molecule is CC(C)(C)c1cc(Cl)nc(CCC(F)(F)F)n1. The molecule has 0 aliphatic heterocycles. The van der Waals surface area contributed by atoms with Gasteiger partial charge in [-0.1, -0.05) is 32.4 Å². The zero-order valence-corrected chi connectivity index (χ0v) is 10.7. The van der Waals surface area contributed by atoms with Crippen LogP contribution in [0.4, 0.5) is 13.2 Å². The molecule has 0 unspecified atom stereocenters. The molecule has 0 aliphatic carbocycles. The molecule has 0 saturated heterocycles. The molecular formula is C11H14ClF3N2. The van der Waals surface area contributed by atoms with E-state index in [1.54, 1.807) is 6.07 Å². The number of nitrogens with zero attached hydrogens (tertiary/aromatic N) is 2. The average Bonchev–Trinajstić information content (AvgIpc) is 2.11. The molecule has 0 spiro atoms. The molecular weight excluding hydrogens is 253 g/mol. The minimum absolute atomic E-state index is 0.139. The van der Waals surface area contributed by atoms with Crippen molar-refractivity contribution >= 4 is 11.6 Å². The number of aryl methyl sites for hydroxylation is 1. The third-order valence-corrected chi connectivity index (χ3v) is 2.34. The van der Waals surface area contributed by atoms with Gasteiger partial charge < -0.3 is 0 Å². The van der Waals surface area contributed by atoms with Crippen molar-refractivity contribution in [3.8, 4) is 0 Å². The van der Waals surface area contributed by atoms with E-state index in [1.807, 2.05) is 20.8 Å². The number of alkyl halides is 3. The molecule has 1 heterocycles. The van der Waals surface area contributed by atoms with Crippen molar-refractivity contribution in [1.82, 2.24) is 9.97 Å². The summed E-state index contributed by atoms with van der Waals surface area (Å²) >= 11 is 5.77. The fourth-order valence-electron chi connectivity index (χ4n) is 1.21. The Hall–Kier alpha value is -0.840. The van der Waals surface area contributed by atoms with Gasteiger partial charge in [-0.2, -0.15) is 13.2 Å². The zero-order valence-electron chi connectivity index (χ0n) is 9.90. The molecule has 1 aromatic rings. The molecule has 0 N–H and O–H groups in total. The van der Waals surface area contributed by atoms with Gasteiger partial charge in [0, 0.05) is 11.8 Å². The van der Waals surface area contributed by atoms with E-state index in [4.69, 9.17) is 11.6 Å². The van der Waals surface area contributed by atoms with Crippen molar-refractivity contribution < 1.29 is 13.2 Å². The molecule has 17 heavy (non-hydrogen) atoms. The second kappa shape index (κ2) is 4.80. The van der Waals surface area contributed by atoms with Crippen LogP contribution < -0.4 is 0 Å². The summed E-state index contributed by atoms with van der Waals surface area (Å²) in [7, 11) is 0. The van der Waals surface area contributed by atoms with Crippen LogP contribution in [0.3, 0.4) is 0 Å². The fraction of sp³-hybridized carbons (Fsp3) is 0.636. The standard InChI is InChI=1S/C11H14ClF3N2/c1-10(2,3)7-6-8(12)17-9(16-7)4-5-11(13,14)15/h6H,4-5H2,1-3H3. The summed E-state index contributed by atoms with van der Waals surface area (Å²) in [6.07, 6.45) is -5.38. The van der Waals surface area contributed by atoms with Gasteiger partial charge in [-0.15, -0.1) is 0 Å². The summed E-state index contributed by atoms with van der Waals surface area (Å²) in [5.74, 6) is 0.139. The first kappa shape index (κ1) is 14.2. The van der Waals surface area contributed by atoms with Crippen molar-refractivity contribution in [3.63, 3.8) is 0 Å². The number of halogens is 4. The summed E-state index contributed by atoms with van der Waals surface area (Å²) < 4.78 is 36.3. The van der Waals surface area contributed by atoms with Crippen LogP contribution >= 0.6 is 11.6 Å². The quantitative estimate of drug-likeness (QED) is 0.758. The Labute approximate surface area is 103 Å². The van der Waals surface area contributed by atoms with Crippen molar-refractivity contribution in [2.45, 2.75) is 45.2 Å². The normalized spacial score (nSPS) is 12.9. The molecule has 0 amide bonds. The van der Waals surface area contributed by atoms with Crippen LogP contribution in [-0.2, 0) is 11.8 Å². The van der Waals surface area contributed by atoms with E-state index in [9.17, 15) is 13.2 Å². The lowest BCUT2D eigenvalue weighted by Gasteiger charge is -2.18. The average molecular weight is 267 g/mol. The molecule has 0 radical (unpaired) electrons. The van der Waals surface area contributed by atoms with Crippen LogP contribution in [0.5, 0.6) is 0 Å². The van der Waals surface area contributed by atoms with Gasteiger partial charge in [0.2, 0.25) is 0 Å². The maximum atomic E-state index is 12.1. The van der Waals surface area contributed by atoms with E-state index in [0.717, 1.165) is 0 Å². The van der Waals surface area contributed by atoms with E-state index in [-0.39, 0.29) is 22.8 Å². The number of hydrogen-bond acceptors (Lipinski definition) is 2. The van der Waals surface area contributed by atoms with Gasteiger partial charge in [0.05, 0.1) is 12.1 Å². The molecule has 0 atom stereocenters. The van der Waals surface area contributed by atoms with Crippen molar-refractivity contribution in [2.24, 2.45) is 0 Å². The van der Waals surface area contributed by atoms with Gasteiger partial charge in [-0.05, 0) is 6.07 Å². The Morgan fingerprint density at radius 1 is 1.18 bits per heavy atom. The summed E-state index contributed by atoms with van der Waals surface area (Å²) in [4.78, 5) is 7.92. The molecule has 2 nitrogen and oxygen atoms in total. The summed E-state index contributed by atoms with van der Waals surface area (Å²) in [6, 6.07) is 1.58. The van der Waals surface area contributed by atoms with Crippen molar-refractivity contribution in [1.29, 1.82) is 0 Å². The summed E-state index contributed by atoms with van der Waals surface area (Å²) in [5.41, 5.74) is 0.384. The Balaban J connectivity index is 2.91. The second-order valence-corrected chi connectivity index (χ2v) is 5.24. The third-order valence-electron chi connectivity index (χ3n) is 2.14. The van der Waals surface area contributed by atoms with E-state index in [1.165, 1.54) is 0 Å². The monoisotopic (exact) mass is 266 g/mol. The van der Waals surface area contributed by atoms with Crippen LogP contribution in [0.1, 0.15) is 38.7 Å². The van der Waals surface area contributed by atoms with Crippen LogP contribution in [0.2, 0.25) is 5.15 Å². The first-order chi connectivity index (χ1) is 7.58. The largest absolute Gasteiger partial charge is 0.389 e. The molecule has 96 valence electrons. The third kappa shape index (κ3) is 4.89. The highest BCUT2D eigenvalue weighted by Crippen LogP contribution is 2.25. The van der Waals surface area contributed by atoms with Crippen LogP contribution in [0, 0.1) is 0 Å². The van der Waals surface area contributed by atoms with Gasteiger partial charge in [0.1, 0.15) is 11.0 Å². The predicted molar refractivity (Wildman–Crippen MR) is 60.1 cm³/mol. The maximum Gasteiger partial charge on any atom is 0.389 e. The number of hydrogen-bond donors (Lipinski definition) is 0. The lowest BCUT2D eigenvalue weighted by Crippen LogP contribution is -2.16. The summed E-state index contributed by atoms with van der Waals surface area (Å²) in [6.45, 7) is 5.75. The van der Waals surface area contributed by atoms with E-state index >= 15 is 0 Å². The molecule has 6 heteroatoms. The van der Waals surface area contributed by atoms with E-state index in [0.29, 0.717) is 5.69 Å². The lowest BCUT2D eigenvalue weighted by molar-refractivity contribution is -0.134. The van der Waals surface area contributed by atoms with Crippen molar-refractivity contribution in [3.05, 3.63) is 22.7 Å². The molecule has 1 aromatic heterocycles. The minimum atomic E-state index is -4.20. The summed E-state index contributed by atoms with van der Waals surface area (Å²) in [5, 5.41) is 0.182.